The van der Waals surface area contributed by atoms with Crippen LogP contribution in [0.4, 0.5) is 5.82 Å². The summed E-state index contributed by atoms with van der Waals surface area (Å²) < 4.78 is 7.07. The molecule has 3 rings (SSSR count). The molecule has 2 unspecified atom stereocenters. The molecule has 2 N–H and O–H groups in total. The number of hydrogen-bond donors (Lipinski definition) is 2. The van der Waals surface area contributed by atoms with Crippen LogP contribution in [-0.4, -0.2) is 39.1 Å². The van der Waals surface area contributed by atoms with Crippen LogP contribution in [0.15, 0.2) is 18.5 Å². The molecule has 0 bridgehead atoms. The van der Waals surface area contributed by atoms with E-state index < -0.39 is 0 Å². The predicted molar refractivity (Wildman–Crippen MR) is 81.5 cm³/mol. The van der Waals surface area contributed by atoms with Gasteiger partial charge >= 0.3 is 0 Å². The first-order valence-electron chi connectivity index (χ1n) is 7.49. The van der Waals surface area contributed by atoms with Gasteiger partial charge in [-0.25, -0.2) is 0 Å². The van der Waals surface area contributed by atoms with Gasteiger partial charge in [0.25, 0.3) is 0 Å². The Hall–Kier alpha value is -2.15. The fourth-order valence-corrected chi connectivity index (χ4v) is 2.98. The van der Waals surface area contributed by atoms with Crippen molar-refractivity contribution in [3.05, 3.63) is 29.7 Å². The minimum Gasteiger partial charge on any atom is -0.381 e. The maximum Gasteiger partial charge on any atom is 0.230 e. The fourth-order valence-electron chi connectivity index (χ4n) is 2.98. The summed E-state index contributed by atoms with van der Waals surface area (Å²) in [5, 5.41) is 14.1. The van der Waals surface area contributed by atoms with Crippen molar-refractivity contribution >= 4 is 11.7 Å². The third-order valence-electron chi connectivity index (χ3n) is 4.15. The van der Waals surface area contributed by atoms with Gasteiger partial charge in [-0.2, -0.15) is 10.2 Å². The van der Waals surface area contributed by atoms with E-state index in [-0.39, 0.29) is 5.91 Å². The summed E-state index contributed by atoms with van der Waals surface area (Å²) in [7, 11) is 3.58. The molecule has 0 spiro atoms. The van der Waals surface area contributed by atoms with Crippen molar-refractivity contribution in [1.82, 2.24) is 20.0 Å². The maximum atomic E-state index is 12.0. The summed E-state index contributed by atoms with van der Waals surface area (Å²) in [5.74, 6) is 0.915. The number of carbonyl (C=O) groups excluding carboxylic acids is 1. The molecular weight excluding hydrogens is 282 g/mol. The zero-order valence-corrected chi connectivity index (χ0v) is 12.9. The van der Waals surface area contributed by atoms with Gasteiger partial charge in [-0.05, 0) is 24.8 Å². The molecule has 1 aliphatic carbocycles. The van der Waals surface area contributed by atoms with E-state index in [9.17, 15) is 4.79 Å². The number of aromatic amines is 1. The van der Waals surface area contributed by atoms with Crippen LogP contribution in [-0.2, 0) is 23.0 Å². The Labute approximate surface area is 129 Å². The molecule has 1 amide bonds. The van der Waals surface area contributed by atoms with Crippen molar-refractivity contribution in [3.63, 3.8) is 0 Å². The number of methoxy groups -OCH3 is 1. The number of aryl methyl sites for hydroxylation is 1. The molecule has 7 nitrogen and oxygen atoms in total. The van der Waals surface area contributed by atoms with Crippen molar-refractivity contribution in [2.75, 3.05) is 12.4 Å². The van der Waals surface area contributed by atoms with Crippen molar-refractivity contribution < 1.29 is 9.53 Å². The number of amides is 1. The highest BCUT2D eigenvalue weighted by Crippen LogP contribution is 2.35. The lowest BCUT2D eigenvalue weighted by molar-refractivity contribution is -0.115. The monoisotopic (exact) mass is 303 g/mol. The second-order valence-electron chi connectivity index (χ2n) is 5.82. The van der Waals surface area contributed by atoms with Crippen molar-refractivity contribution in [1.29, 1.82) is 0 Å². The Kier molecular flexibility index (Phi) is 4.24. The Morgan fingerprint density at radius 3 is 3.09 bits per heavy atom. The third-order valence-corrected chi connectivity index (χ3v) is 4.15. The quantitative estimate of drug-likeness (QED) is 0.878. The van der Waals surface area contributed by atoms with E-state index in [1.54, 1.807) is 18.0 Å². The number of rotatable bonds is 5. The van der Waals surface area contributed by atoms with Crippen LogP contribution in [0.25, 0.3) is 0 Å². The number of nitrogens with one attached hydrogen (secondary N) is 2. The summed E-state index contributed by atoms with van der Waals surface area (Å²) in [6.45, 7) is 0. The largest absolute Gasteiger partial charge is 0.381 e. The van der Waals surface area contributed by atoms with Gasteiger partial charge in [-0.3, -0.25) is 14.6 Å². The second-order valence-corrected chi connectivity index (χ2v) is 5.82. The highest BCUT2D eigenvalue weighted by atomic mass is 16.5. The van der Waals surface area contributed by atoms with Crippen LogP contribution in [0.1, 0.15) is 36.4 Å². The first kappa shape index (κ1) is 14.8. The molecule has 0 aliphatic heterocycles. The van der Waals surface area contributed by atoms with Gasteiger partial charge in [0.2, 0.25) is 5.91 Å². The number of H-pyrrole nitrogens is 1. The maximum absolute atomic E-state index is 12.0. The molecule has 2 atom stereocenters. The van der Waals surface area contributed by atoms with E-state index in [4.69, 9.17) is 4.74 Å². The Morgan fingerprint density at radius 1 is 1.55 bits per heavy atom. The molecule has 22 heavy (non-hydrogen) atoms. The average Bonchev–Trinajstić information content (AvgIpc) is 3.19. The predicted octanol–water partition coefficient (Wildman–Crippen LogP) is 1.61. The van der Waals surface area contributed by atoms with Gasteiger partial charge < -0.3 is 10.1 Å². The van der Waals surface area contributed by atoms with Gasteiger partial charge in [0.15, 0.2) is 5.82 Å². The summed E-state index contributed by atoms with van der Waals surface area (Å²) in [5.41, 5.74) is 1.95. The van der Waals surface area contributed by atoms with Crippen LogP contribution >= 0.6 is 0 Å². The molecule has 1 fully saturated rings. The van der Waals surface area contributed by atoms with Gasteiger partial charge in [-0.1, -0.05) is 0 Å². The lowest BCUT2D eigenvalue weighted by Crippen LogP contribution is -2.14. The SMILES string of the molecule is COC1CCC(c2cc(NC(=O)Cc3cnn(C)c3)n[nH]2)C1. The molecule has 118 valence electrons. The van der Waals surface area contributed by atoms with E-state index in [2.05, 4.69) is 20.6 Å². The Morgan fingerprint density at radius 2 is 2.41 bits per heavy atom. The molecule has 2 heterocycles. The lowest BCUT2D eigenvalue weighted by atomic mass is 10.0. The molecule has 0 saturated heterocycles. The second kappa shape index (κ2) is 6.31. The zero-order valence-electron chi connectivity index (χ0n) is 12.9. The summed E-state index contributed by atoms with van der Waals surface area (Å²) >= 11 is 0. The molecule has 0 aromatic carbocycles. The zero-order chi connectivity index (χ0) is 15.5. The first-order chi connectivity index (χ1) is 10.6. The van der Waals surface area contributed by atoms with Crippen molar-refractivity contribution in [3.8, 4) is 0 Å². The highest BCUT2D eigenvalue weighted by Gasteiger charge is 2.27. The number of aromatic nitrogens is 4. The molecule has 2 aromatic heterocycles. The van der Waals surface area contributed by atoms with Crippen molar-refractivity contribution in [2.24, 2.45) is 7.05 Å². The fraction of sp³-hybridized carbons (Fsp3) is 0.533. The number of hydrogen-bond acceptors (Lipinski definition) is 4. The van der Waals surface area contributed by atoms with E-state index in [1.807, 2.05) is 19.3 Å². The minimum absolute atomic E-state index is 0.0905. The minimum atomic E-state index is -0.0905. The van der Waals surface area contributed by atoms with Crippen LogP contribution < -0.4 is 5.32 Å². The van der Waals surface area contributed by atoms with E-state index in [1.165, 1.54) is 0 Å². The van der Waals surface area contributed by atoms with Crippen LogP contribution in [0, 0.1) is 0 Å². The molecular formula is C15H21N5O2. The van der Waals surface area contributed by atoms with Crippen LogP contribution in [0.5, 0.6) is 0 Å². The molecule has 1 saturated carbocycles. The van der Waals surface area contributed by atoms with E-state index in [0.29, 0.717) is 24.3 Å². The van der Waals surface area contributed by atoms with Crippen LogP contribution in [0.2, 0.25) is 0 Å². The lowest BCUT2D eigenvalue weighted by Gasteiger charge is -2.07. The van der Waals surface area contributed by atoms with Gasteiger partial charge in [-0.15, -0.1) is 0 Å². The topological polar surface area (TPSA) is 84.8 Å². The molecule has 7 heteroatoms. The van der Waals surface area contributed by atoms with E-state index in [0.717, 1.165) is 30.5 Å². The van der Waals surface area contributed by atoms with Crippen LogP contribution in [0.3, 0.4) is 0 Å². The van der Waals surface area contributed by atoms with Gasteiger partial charge in [0.05, 0.1) is 18.7 Å². The molecule has 1 aliphatic rings. The Bertz CT molecular complexity index is 648. The number of nitrogens with zero attached hydrogens (tertiary/aromatic N) is 3. The third kappa shape index (κ3) is 3.36. The molecule has 2 aromatic rings. The van der Waals surface area contributed by atoms with E-state index >= 15 is 0 Å². The Balaban J connectivity index is 1.56. The number of anilines is 1. The molecule has 0 radical (unpaired) electrons. The summed E-state index contributed by atoms with van der Waals surface area (Å²) in [6, 6.07) is 1.92. The number of carbonyl (C=O) groups is 1. The first-order valence-corrected chi connectivity index (χ1v) is 7.49. The standard InChI is InChI=1S/C15H21N5O2/c1-20-9-10(8-16-20)5-15(21)17-14-7-13(18-19-14)11-3-4-12(6-11)22-2/h7-9,11-12H,3-6H2,1-2H3,(H2,17,18,19,21). The average molecular weight is 303 g/mol. The normalized spacial score (nSPS) is 21.2. The smallest absolute Gasteiger partial charge is 0.230 e. The van der Waals surface area contributed by atoms with Gasteiger partial charge in [0.1, 0.15) is 0 Å². The number of ether oxygens (including phenoxy) is 1. The summed E-state index contributed by atoms with van der Waals surface area (Å²) in [4.78, 5) is 12.0. The van der Waals surface area contributed by atoms with Crippen molar-refractivity contribution in [2.45, 2.75) is 37.7 Å². The van der Waals surface area contributed by atoms with Gasteiger partial charge in [0, 0.05) is 38.0 Å². The summed E-state index contributed by atoms with van der Waals surface area (Å²) in [6.07, 6.45) is 7.31. The highest BCUT2D eigenvalue weighted by molar-refractivity contribution is 5.91.